The molecule has 3 rings (SSSR count). The van der Waals surface area contributed by atoms with Crippen molar-refractivity contribution in [1.82, 2.24) is 20.5 Å². The van der Waals surface area contributed by atoms with Crippen LogP contribution in [0.3, 0.4) is 0 Å². The van der Waals surface area contributed by atoms with E-state index >= 15 is 0 Å². The molecule has 0 aliphatic carbocycles. The highest BCUT2D eigenvalue weighted by Gasteiger charge is 2.25. The van der Waals surface area contributed by atoms with Crippen LogP contribution in [0.5, 0.6) is 5.88 Å². The molecule has 2 atom stereocenters. The van der Waals surface area contributed by atoms with Gasteiger partial charge in [0.2, 0.25) is 5.88 Å². The van der Waals surface area contributed by atoms with Gasteiger partial charge in [-0.15, -0.1) is 24.0 Å². The predicted octanol–water partition coefficient (Wildman–Crippen LogP) is 3.43. The Morgan fingerprint density at radius 3 is 2.62 bits per heavy atom. The topological polar surface area (TPSA) is 61.8 Å². The molecule has 158 valence electrons. The Labute approximate surface area is 191 Å². The van der Waals surface area contributed by atoms with Crippen LogP contribution in [0.15, 0.2) is 53.7 Å². The van der Waals surface area contributed by atoms with Gasteiger partial charge < -0.3 is 15.4 Å². The maximum absolute atomic E-state index is 5.10. The molecule has 0 amide bonds. The van der Waals surface area contributed by atoms with E-state index in [0.717, 1.165) is 37.5 Å². The third kappa shape index (κ3) is 7.15. The Balaban J connectivity index is 0.00000300. The molecule has 1 aliphatic rings. The Kier molecular flexibility index (Phi) is 9.66. The highest BCUT2D eigenvalue weighted by Crippen LogP contribution is 2.20. The van der Waals surface area contributed by atoms with Gasteiger partial charge >= 0.3 is 0 Å². The van der Waals surface area contributed by atoms with Crippen LogP contribution in [0.2, 0.25) is 0 Å². The van der Waals surface area contributed by atoms with Gasteiger partial charge in [0.15, 0.2) is 5.96 Å². The number of nitrogens with zero attached hydrogens (tertiary/aromatic N) is 3. The van der Waals surface area contributed by atoms with Gasteiger partial charge in [0, 0.05) is 51.0 Å². The van der Waals surface area contributed by atoms with E-state index in [1.165, 1.54) is 5.56 Å². The summed E-state index contributed by atoms with van der Waals surface area (Å²) in [5, 5.41) is 6.96. The van der Waals surface area contributed by atoms with Crippen molar-refractivity contribution >= 4 is 29.9 Å². The predicted molar refractivity (Wildman–Crippen MR) is 129 cm³/mol. The zero-order valence-corrected chi connectivity index (χ0v) is 19.8. The van der Waals surface area contributed by atoms with Crippen molar-refractivity contribution < 1.29 is 4.74 Å². The fourth-order valence-corrected chi connectivity index (χ4v) is 3.61. The summed E-state index contributed by atoms with van der Waals surface area (Å²) in [5.41, 5.74) is 2.47. The number of benzene rings is 1. The molecule has 7 heteroatoms. The standard InChI is InChI=1S/C22H31N5O.HI/c1-17-13-20(11-12-27(17)16-18-7-5-4-6-8-18)26-22(23-2)25-15-19-9-10-21(28-3)24-14-19;/h4-10,14,17,20H,11-13,15-16H2,1-3H3,(H2,23,25,26);1H. The molecule has 0 saturated carbocycles. The first-order valence-corrected chi connectivity index (χ1v) is 9.92. The molecule has 0 radical (unpaired) electrons. The van der Waals surface area contributed by atoms with Crippen molar-refractivity contribution in [3.8, 4) is 5.88 Å². The van der Waals surface area contributed by atoms with E-state index in [9.17, 15) is 0 Å². The van der Waals surface area contributed by atoms with Gasteiger partial charge in [0.25, 0.3) is 0 Å². The first-order chi connectivity index (χ1) is 13.7. The Morgan fingerprint density at radius 2 is 2.00 bits per heavy atom. The molecule has 1 saturated heterocycles. The van der Waals surface area contributed by atoms with Crippen LogP contribution < -0.4 is 15.4 Å². The summed E-state index contributed by atoms with van der Waals surface area (Å²) >= 11 is 0. The largest absolute Gasteiger partial charge is 0.481 e. The molecule has 2 unspecified atom stereocenters. The van der Waals surface area contributed by atoms with E-state index in [1.807, 2.05) is 25.4 Å². The van der Waals surface area contributed by atoms with Crippen LogP contribution in [0, 0.1) is 0 Å². The zero-order chi connectivity index (χ0) is 19.8. The SMILES string of the molecule is CN=C(NCc1ccc(OC)nc1)NC1CCN(Cc2ccccc2)C(C)C1.I. The summed E-state index contributed by atoms with van der Waals surface area (Å²) in [6, 6.07) is 15.6. The molecular weight excluding hydrogens is 477 g/mol. The van der Waals surface area contributed by atoms with Crippen molar-refractivity contribution in [3.63, 3.8) is 0 Å². The lowest BCUT2D eigenvalue weighted by atomic mass is 9.97. The van der Waals surface area contributed by atoms with Gasteiger partial charge in [-0.25, -0.2) is 4.98 Å². The van der Waals surface area contributed by atoms with Crippen molar-refractivity contribution in [3.05, 3.63) is 59.8 Å². The minimum atomic E-state index is 0. The van der Waals surface area contributed by atoms with E-state index in [-0.39, 0.29) is 24.0 Å². The number of halogens is 1. The summed E-state index contributed by atoms with van der Waals surface area (Å²) < 4.78 is 5.10. The van der Waals surface area contributed by atoms with Crippen LogP contribution in [0.25, 0.3) is 0 Å². The molecule has 1 aromatic carbocycles. The molecule has 0 spiro atoms. The Hall–Kier alpha value is -1.87. The van der Waals surface area contributed by atoms with Gasteiger partial charge in [0.05, 0.1) is 7.11 Å². The Morgan fingerprint density at radius 1 is 1.21 bits per heavy atom. The fourth-order valence-electron chi connectivity index (χ4n) is 3.61. The number of aromatic nitrogens is 1. The highest BCUT2D eigenvalue weighted by atomic mass is 127. The number of ether oxygens (including phenoxy) is 1. The van der Waals surface area contributed by atoms with Crippen molar-refractivity contribution in [2.24, 2.45) is 4.99 Å². The third-order valence-electron chi connectivity index (χ3n) is 5.27. The van der Waals surface area contributed by atoms with E-state index in [4.69, 9.17) is 4.74 Å². The maximum Gasteiger partial charge on any atom is 0.212 e. The normalized spacial score (nSPS) is 19.9. The molecule has 0 bridgehead atoms. The second-order valence-corrected chi connectivity index (χ2v) is 7.31. The molecule has 6 nitrogen and oxygen atoms in total. The molecule has 2 aromatic rings. The molecule has 29 heavy (non-hydrogen) atoms. The fraction of sp³-hybridized carbons (Fsp3) is 0.455. The van der Waals surface area contributed by atoms with E-state index < -0.39 is 0 Å². The number of likely N-dealkylation sites (tertiary alicyclic amines) is 1. The Bertz CT molecular complexity index is 754. The lowest BCUT2D eigenvalue weighted by Crippen LogP contribution is -2.51. The summed E-state index contributed by atoms with van der Waals surface area (Å²) in [4.78, 5) is 11.2. The van der Waals surface area contributed by atoms with E-state index in [0.29, 0.717) is 24.5 Å². The number of rotatable bonds is 6. The van der Waals surface area contributed by atoms with Gasteiger partial charge in [0.1, 0.15) is 0 Å². The first-order valence-electron chi connectivity index (χ1n) is 9.92. The van der Waals surface area contributed by atoms with Crippen LogP contribution in [0.4, 0.5) is 0 Å². The molecule has 1 aliphatic heterocycles. The third-order valence-corrected chi connectivity index (χ3v) is 5.27. The van der Waals surface area contributed by atoms with Gasteiger partial charge in [-0.3, -0.25) is 9.89 Å². The van der Waals surface area contributed by atoms with Crippen LogP contribution in [-0.2, 0) is 13.1 Å². The number of hydrogen-bond acceptors (Lipinski definition) is 4. The van der Waals surface area contributed by atoms with Crippen molar-refractivity contribution in [1.29, 1.82) is 0 Å². The average Bonchev–Trinajstić information content (AvgIpc) is 2.74. The number of nitrogens with one attached hydrogen (secondary N) is 2. The quantitative estimate of drug-likeness (QED) is 0.355. The molecule has 1 aromatic heterocycles. The second-order valence-electron chi connectivity index (χ2n) is 7.31. The zero-order valence-electron chi connectivity index (χ0n) is 17.5. The van der Waals surface area contributed by atoms with Crippen LogP contribution in [0.1, 0.15) is 30.9 Å². The monoisotopic (exact) mass is 509 g/mol. The number of piperidine rings is 1. The molecular formula is C22H32IN5O. The van der Waals surface area contributed by atoms with E-state index in [1.54, 1.807) is 7.11 Å². The number of aliphatic imine (C=N–C) groups is 1. The van der Waals surface area contributed by atoms with Crippen molar-refractivity contribution in [2.45, 2.75) is 44.9 Å². The minimum Gasteiger partial charge on any atom is -0.481 e. The van der Waals surface area contributed by atoms with E-state index in [2.05, 4.69) is 62.8 Å². The smallest absolute Gasteiger partial charge is 0.212 e. The van der Waals surface area contributed by atoms with Gasteiger partial charge in [-0.1, -0.05) is 36.4 Å². The number of guanidine groups is 1. The van der Waals surface area contributed by atoms with Crippen molar-refractivity contribution in [2.75, 3.05) is 20.7 Å². The number of methoxy groups -OCH3 is 1. The van der Waals surface area contributed by atoms with Gasteiger partial charge in [-0.2, -0.15) is 0 Å². The maximum atomic E-state index is 5.10. The van der Waals surface area contributed by atoms with Gasteiger partial charge in [-0.05, 0) is 30.9 Å². The van der Waals surface area contributed by atoms with Crippen LogP contribution >= 0.6 is 24.0 Å². The minimum absolute atomic E-state index is 0. The molecule has 2 heterocycles. The summed E-state index contributed by atoms with van der Waals surface area (Å²) in [6.45, 7) is 5.11. The summed E-state index contributed by atoms with van der Waals surface area (Å²) in [7, 11) is 3.44. The summed E-state index contributed by atoms with van der Waals surface area (Å²) in [5.74, 6) is 1.46. The first kappa shape index (κ1) is 23.4. The second kappa shape index (κ2) is 12.0. The number of hydrogen-bond donors (Lipinski definition) is 2. The number of pyridine rings is 1. The lowest BCUT2D eigenvalue weighted by Gasteiger charge is -2.38. The molecule has 1 fully saturated rings. The lowest BCUT2D eigenvalue weighted by molar-refractivity contribution is 0.134. The van der Waals surface area contributed by atoms with Crippen LogP contribution in [-0.4, -0.2) is 48.6 Å². The average molecular weight is 509 g/mol. The molecule has 2 N–H and O–H groups in total. The summed E-state index contributed by atoms with van der Waals surface area (Å²) in [6.07, 6.45) is 4.04. The highest BCUT2D eigenvalue weighted by molar-refractivity contribution is 14.0.